The van der Waals surface area contributed by atoms with Crippen molar-refractivity contribution < 1.29 is 4.74 Å². The van der Waals surface area contributed by atoms with Gasteiger partial charge in [0.25, 0.3) is 0 Å². The average molecular weight is 390 g/mol. The topological polar surface area (TPSA) is 38.2 Å². The fourth-order valence-corrected chi connectivity index (χ4v) is 4.09. The molecule has 0 aliphatic rings. The Morgan fingerprint density at radius 2 is 1.75 bits per heavy atom. The highest BCUT2D eigenvalue weighted by atomic mass is 32.1. The third-order valence-corrected chi connectivity index (χ3v) is 5.65. The number of rotatable bonds is 7. The van der Waals surface area contributed by atoms with Crippen LogP contribution < -0.4 is 4.74 Å². The van der Waals surface area contributed by atoms with Gasteiger partial charge >= 0.3 is 0 Å². The molecule has 0 fully saturated rings. The van der Waals surface area contributed by atoms with E-state index in [2.05, 4.69) is 59.3 Å². The molecule has 28 heavy (non-hydrogen) atoms. The number of ether oxygens (including phenoxy) is 1. The lowest BCUT2D eigenvalue weighted by molar-refractivity contribution is 0.400. The minimum absolute atomic E-state index is 0.601. The van der Waals surface area contributed by atoms with E-state index in [9.17, 15) is 0 Å². The molecule has 0 radical (unpaired) electrons. The van der Waals surface area contributed by atoms with Crippen molar-refractivity contribution in [3.05, 3.63) is 72.6 Å². The molecule has 0 unspecified atom stereocenters. The lowest BCUT2D eigenvalue weighted by Gasteiger charge is -2.09. The predicted octanol–water partition coefficient (Wildman–Crippen LogP) is 5.64. The first kappa shape index (κ1) is 18.6. The molecule has 4 rings (SSSR count). The Labute approximate surface area is 169 Å². The second kappa shape index (κ2) is 8.50. The van der Waals surface area contributed by atoms with Gasteiger partial charge in [-0.1, -0.05) is 42.5 Å². The molecule has 4 aromatic rings. The molecule has 0 saturated carbocycles. The van der Waals surface area contributed by atoms with Crippen LogP contribution in [-0.4, -0.2) is 35.5 Å². The third kappa shape index (κ3) is 4.38. The first-order valence-electron chi connectivity index (χ1n) is 9.40. The number of benzene rings is 2. The van der Waals surface area contributed by atoms with Crippen LogP contribution in [0.2, 0.25) is 0 Å². The van der Waals surface area contributed by atoms with E-state index in [4.69, 9.17) is 4.74 Å². The second-order valence-electron chi connectivity index (χ2n) is 7.03. The standard InChI is InChI=1S/C23H23N3OS/c1-26(2)14-6-7-17-10-12-19(13-11-17)27-22-20-15-21(18-8-4-3-5-9-18)28-23(20)25-16-24-22/h3-5,8-13,15-16H,6-7,14H2,1-2H3. The molecule has 5 heteroatoms. The Balaban J connectivity index is 1.52. The van der Waals surface area contributed by atoms with Crippen molar-refractivity contribution in [3.8, 4) is 22.1 Å². The molecule has 0 amide bonds. The van der Waals surface area contributed by atoms with Gasteiger partial charge in [-0.05, 0) is 62.8 Å². The van der Waals surface area contributed by atoms with Gasteiger partial charge in [0.05, 0.1) is 5.39 Å². The highest BCUT2D eigenvalue weighted by Gasteiger charge is 2.12. The maximum Gasteiger partial charge on any atom is 0.231 e. The van der Waals surface area contributed by atoms with Gasteiger partial charge in [0.1, 0.15) is 16.9 Å². The summed E-state index contributed by atoms with van der Waals surface area (Å²) in [4.78, 5) is 13.1. The Morgan fingerprint density at radius 3 is 2.50 bits per heavy atom. The molecule has 142 valence electrons. The van der Waals surface area contributed by atoms with Gasteiger partial charge in [0.15, 0.2) is 0 Å². The van der Waals surface area contributed by atoms with E-state index in [0.29, 0.717) is 5.88 Å². The first-order valence-corrected chi connectivity index (χ1v) is 10.2. The van der Waals surface area contributed by atoms with E-state index in [1.165, 1.54) is 11.1 Å². The number of aryl methyl sites for hydroxylation is 1. The van der Waals surface area contributed by atoms with Crippen LogP contribution in [0.15, 0.2) is 67.0 Å². The van der Waals surface area contributed by atoms with Crippen LogP contribution in [0.5, 0.6) is 11.6 Å². The zero-order valence-electron chi connectivity index (χ0n) is 16.1. The lowest BCUT2D eigenvalue weighted by Crippen LogP contribution is -2.13. The zero-order valence-corrected chi connectivity index (χ0v) is 16.9. The highest BCUT2D eigenvalue weighted by molar-refractivity contribution is 7.21. The number of nitrogens with zero attached hydrogens (tertiary/aromatic N) is 3. The molecule has 0 saturated heterocycles. The number of hydrogen-bond acceptors (Lipinski definition) is 5. The van der Waals surface area contributed by atoms with E-state index >= 15 is 0 Å². The molecule has 0 bridgehead atoms. The average Bonchev–Trinajstić information content (AvgIpc) is 3.15. The Kier molecular flexibility index (Phi) is 5.65. The number of fused-ring (bicyclic) bond motifs is 1. The van der Waals surface area contributed by atoms with Gasteiger partial charge in [-0.15, -0.1) is 11.3 Å². The molecule has 0 aliphatic heterocycles. The Bertz CT molecular complexity index is 1040. The van der Waals surface area contributed by atoms with Crippen molar-refractivity contribution in [1.29, 1.82) is 0 Å². The minimum atomic E-state index is 0.601. The fraction of sp³-hybridized carbons (Fsp3) is 0.217. The van der Waals surface area contributed by atoms with Gasteiger partial charge in [-0.2, -0.15) is 0 Å². The number of thiophene rings is 1. The zero-order chi connectivity index (χ0) is 19.3. The molecular weight excluding hydrogens is 366 g/mol. The summed E-state index contributed by atoms with van der Waals surface area (Å²) in [6, 6.07) is 20.7. The summed E-state index contributed by atoms with van der Waals surface area (Å²) < 4.78 is 6.09. The van der Waals surface area contributed by atoms with Crippen LogP contribution >= 0.6 is 11.3 Å². The molecule has 0 atom stereocenters. The van der Waals surface area contributed by atoms with Crippen molar-refractivity contribution in [2.24, 2.45) is 0 Å². The largest absolute Gasteiger partial charge is 0.438 e. The minimum Gasteiger partial charge on any atom is -0.438 e. The molecule has 2 heterocycles. The molecule has 0 aliphatic carbocycles. The summed E-state index contributed by atoms with van der Waals surface area (Å²) in [5.41, 5.74) is 2.50. The summed E-state index contributed by atoms with van der Waals surface area (Å²) in [6.07, 6.45) is 3.79. The summed E-state index contributed by atoms with van der Waals surface area (Å²) in [7, 11) is 4.21. The summed E-state index contributed by atoms with van der Waals surface area (Å²) in [5.74, 6) is 1.40. The second-order valence-corrected chi connectivity index (χ2v) is 8.06. The maximum absolute atomic E-state index is 6.09. The van der Waals surface area contributed by atoms with E-state index in [0.717, 1.165) is 40.2 Å². The van der Waals surface area contributed by atoms with Crippen molar-refractivity contribution in [2.75, 3.05) is 20.6 Å². The number of aromatic nitrogens is 2. The van der Waals surface area contributed by atoms with Crippen molar-refractivity contribution >= 4 is 21.6 Å². The van der Waals surface area contributed by atoms with Gasteiger partial charge in [0.2, 0.25) is 5.88 Å². The van der Waals surface area contributed by atoms with Crippen LogP contribution in [0.3, 0.4) is 0 Å². The molecule has 2 aromatic heterocycles. The fourth-order valence-electron chi connectivity index (χ4n) is 3.10. The highest BCUT2D eigenvalue weighted by Crippen LogP contribution is 2.37. The van der Waals surface area contributed by atoms with Gasteiger partial charge in [-0.3, -0.25) is 0 Å². The van der Waals surface area contributed by atoms with Crippen LogP contribution in [0.4, 0.5) is 0 Å². The van der Waals surface area contributed by atoms with Crippen molar-refractivity contribution in [3.63, 3.8) is 0 Å². The SMILES string of the molecule is CN(C)CCCc1ccc(Oc2ncnc3sc(-c4ccccc4)cc23)cc1. The van der Waals surface area contributed by atoms with Crippen LogP contribution in [0.25, 0.3) is 20.7 Å². The molecular formula is C23H23N3OS. The predicted molar refractivity (Wildman–Crippen MR) is 116 cm³/mol. The quantitative estimate of drug-likeness (QED) is 0.410. The first-order chi connectivity index (χ1) is 13.7. The van der Waals surface area contributed by atoms with Crippen LogP contribution in [-0.2, 0) is 6.42 Å². The van der Waals surface area contributed by atoms with Gasteiger partial charge < -0.3 is 9.64 Å². The summed E-state index contributed by atoms with van der Waals surface area (Å²) in [6.45, 7) is 1.10. The third-order valence-electron chi connectivity index (χ3n) is 4.56. The van der Waals surface area contributed by atoms with Crippen LogP contribution in [0.1, 0.15) is 12.0 Å². The Hall–Kier alpha value is -2.76. The molecule has 2 aromatic carbocycles. The molecule has 0 N–H and O–H groups in total. The van der Waals surface area contributed by atoms with Gasteiger partial charge in [-0.25, -0.2) is 9.97 Å². The normalized spacial score (nSPS) is 11.2. The van der Waals surface area contributed by atoms with Crippen molar-refractivity contribution in [2.45, 2.75) is 12.8 Å². The summed E-state index contributed by atoms with van der Waals surface area (Å²) in [5, 5.41) is 0.946. The number of hydrogen-bond donors (Lipinski definition) is 0. The van der Waals surface area contributed by atoms with E-state index < -0.39 is 0 Å². The Morgan fingerprint density at radius 1 is 0.964 bits per heavy atom. The van der Waals surface area contributed by atoms with E-state index in [1.54, 1.807) is 17.7 Å². The summed E-state index contributed by atoms with van der Waals surface area (Å²) >= 11 is 1.65. The maximum atomic E-state index is 6.09. The monoisotopic (exact) mass is 389 g/mol. The van der Waals surface area contributed by atoms with E-state index in [1.807, 2.05) is 30.3 Å². The van der Waals surface area contributed by atoms with Crippen LogP contribution in [0, 0.1) is 0 Å². The molecule has 0 spiro atoms. The molecule has 4 nitrogen and oxygen atoms in total. The van der Waals surface area contributed by atoms with E-state index in [-0.39, 0.29) is 0 Å². The van der Waals surface area contributed by atoms with Crippen molar-refractivity contribution in [1.82, 2.24) is 14.9 Å². The smallest absolute Gasteiger partial charge is 0.231 e. The van der Waals surface area contributed by atoms with Gasteiger partial charge in [0, 0.05) is 4.88 Å². The lowest BCUT2D eigenvalue weighted by atomic mass is 10.1.